The van der Waals surface area contributed by atoms with Crippen molar-refractivity contribution in [2.75, 3.05) is 19.7 Å². The average Bonchev–Trinajstić information content (AvgIpc) is 2.59. The summed E-state index contributed by atoms with van der Waals surface area (Å²) in [6, 6.07) is 6.31. The van der Waals surface area contributed by atoms with E-state index in [0.29, 0.717) is 19.1 Å². The number of carbonyl (C=O) groups excluding carboxylic acids is 1. The van der Waals surface area contributed by atoms with Crippen LogP contribution in [0.25, 0.3) is 0 Å². The zero-order chi connectivity index (χ0) is 17.7. The standard InChI is InChI=1S/C18H26N2O4/c1-12(2)16-11-20(8-9-24-16)13(3)17(21)19-10-14-4-6-15(7-5-14)18(22)23/h4-7,12-13,16H,8-11H2,1-3H3,(H,19,21)(H,22,23). The fourth-order valence-electron chi connectivity index (χ4n) is 2.72. The molecule has 1 heterocycles. The van der Waals surface area contributed by atoms with Crippen LogP contribution >= 0.6 is 0 Å². The van der Waals surface area contributed by atoms with E-state index in [1.165, 1.54) is 0 Å². The van der Waals surface area contributed by atoms with Gasteiger partial charge in [-0.15, -0.1) is 0 Å². The summed E-state index contributed by atoms with van der Waals surface area (Å²) in [5.74, 6) is -0.552. The number of aromatic carboxylic acids is 1. The van der Waals surface area contributed by atoms with E-state index in [4.69, 9.17) is 9.84 Å². The highest BCUT2D eigenvalue weighted by Crippen LogP contribution is 2.15. The first-order valence-electron chi connectivity index (χ1n) is 8.34. The molecule has 2 atom stereocenters. The predicted octanol–water partition coefficient (Wildman–Crippen LogP) is 1.75. The summed E-state index contributed by atoms with van der Waals surface area (Å²) in [5.41, 5.74) is 1.12. The second-order valence-corrected chi connectivity index (χ2v) is 6.54. The Morgan fingerprint density at radius 2 is 1.96 bits per heavy atom. The van der Waals surface area contributed by atoms with Gasteiger partial charge in [0.2, 0.25) is 5.91 Å². The lowest BCUT2D eigenvalue weighted by Crippen LogP contribution is -2.53. The van der Waals surface area contributed by atoms with Gasteiger partial charge in [-0.05, 0) is 30.5 Å². The highest BCUT2D eigenvalue weighted by molar-refractivity contribution is 5.87. The third-order valence-corrected chi connectivity index (χ3v) is 4.46. The Morgan fingerprint density at radius 1 is 1.29 bits per heavy atom. The molecule has 1 amide bonds. The van der Waals surface area contributed by atoms with Crippen molar-refractivity contribution in [3.05, 3.63) is 35.4 Å². The largest absolute Gasteiger partial charge is 0.478 e. The van der Waals surface area contributed by atoms with E-state index in [2.05, 4.69) is 24.1 Å². The van der Waals surface area contributed by atoms with Crippen LogP contribution in [0.5, 0.6) is 0 Å². The van der Waals surface area contributed by atoms with Crippen molar-refractivity contribution in [3.8, 4) is 0 Å². The maximum atomic E-state index is 12.4. The van der Waals surface area contributed by atoms with Crippen molar-refractivity contribution in [2.24, 2.45) is 5.92 Å². The molecule has 1 saturated heterocycles. The number of ether oxygens (including phenoxy) is 1. The van der Waals surface area contributed by atoms with Crippen molar-refractivity contribution < 1.29 is 19.4 Å². The lowest BCUT2D eigenvalue weighted by Gasteiger charge is -2.37. The van der Waals surface area contributed by atoms with Gasteiger partial charge in [0.1, 0.15) is 0 Å². The van der Waals surface area contributed by atoms with Gasteiger partial charge in [0, 0.05) is 19.6 Å². The maximum absolute atomic E-state index is 12.4. The molecule has 1 aliphatic heterocycles. The number of amides is 1. The summed E-state index contributed by atoms with van der Waals surface area (Å²) in [7, 11) is 0. The molecule has 1 aromatic carbocycles. The number of nitrogens with one attached hydrogen (secondary N) is 1. The smallest absolute Gasteiger partial charge is 0.335 e. The molecule has 1 fully saturated rings. The molecule has 2 rings (SSSR count). The summed E-state index contributed by atoms with van der Waals surface area (Å²) in [6.45, 7) is 8.72. The molecule has 0 aliphatic carbocycles. The molecule has 0 bridgehead atoms. The zero-order valence-electron chi connectivity index (χ0n) is 14.5. The van der Waals surface area contributed by atoms with Crippen molar-refractivity contribution in [2.45, 2.75) is 39.5 Å². The molecule has 0 saturated carbocycles. The van der Waals surface area contributed by atoms with Gasteiger partial charge in [-0.3, -0.25) is 9.69 Å². The molecular weight excluding hydrogens is 308 g/mol. The molecule has 24 heavy (non-hydrogen) atoms. The third-order valence-electron chi connectivity index (χ3n) is 4.46. The van der Waals surface area contributed by atoms with Gasteiger partial charge in [0.05, 0.1) is 24.3 Å². The van der Waals surface area contributed by atoms with E-state index in [0.717, 1.165) is 18.7 Å². The predicted molar refractivity (Wildman–Crippen MR) is 90.9 cm³/mol. The molecule has 0 radical (unpaired) electrons. The van der Waals surface area contributed by atoms with Crippen LogP contribution in [0.3, 0.4) is 0 Å². The summed E-state index contributed by atoms with van der Waals surface area (Å²) >= 11 is 0. The lowest BCUT2D eigenvalue weighted by atomic mass is 10.0. The van der Waals surface area contributed by atoms with Crippen LogP contribution < -0.4 is 5.32 Å². The Kier molecular flexibility index (Phi) is 6.34. The number of carboxylic acids is 1. The normalized spacial score (nSPS) is 19.9. The van der Waals surface area contributed by atoms with Gasteiger partial charge in [-0.1, -0.05) is 26.0 Å². The monoisotopic (exact) mass is 334 g/mol. The van der Waals surface area contributed by atoms with Crippen LogP contribution in [-0.4, -0.2) is 53.7 Å². The number of rotatable bonds is 6. The van der Waals surface area contributed by atoms with E-state index >= 15 is 0 Å². The van der Waals surface area contributed by atoms with Crippen molar-refractivity contribution in [1.82, 2.24) is 10.2 Å². The van der Waals surface area contributed by atoms with Crippen LogP contribution in [0.15, 0.2) is 24.3 Å². The van der Waals surface area contributed by atoms with Crippen LogP contribution in [0.4, 0.5) is 0 Å². The zero-order valence-corrected chi connectivity index (χ0v) is 14.5. The van der Waals surface area contributed by atoms with Gasteiger partial charge >= 0.3 is 5.97 Å². The molecule has 6 heteroatoms. The molecule has 6 nitrogen and oxygen atoms in total. The number of carboxylic acid groups (broad SMARTS) is 1. The van der Waals surface area contributed by atoms with Crippen molar-refractivity contribution in [3.63, 3.8) is 0 Å². The number of nitrogens with zero attached hydrogens (tertiary/aromatic N) is 1. The van der Waals surface area contributed by atoms with E-state index < -0.39 is 5.97 Å². The van der Waals surface area contributed by atoms with E-state index in [1.807, 2.05) is 6.92 Å². The second kappa shape index (κ2) is 8.26. The van der Waals surface area contributed by atoms with Gasteiger partial charge in [0.25, 0.3) is 0 Å². The van der Waals surface area contributed by atoms with Gasteiger partial charge in [0.15, 0.2) is 0 Å². The molecule has 132 valence electrons. The Bertz CT molecular complexity index is 571. The number of benzene rings is 1. The first-order valence-corrected chi connectivity index (χ1v) is 8.34. The summed E-state index contributed by atoms with van der Waals surface area (Å²) in [6.07, 6.45) is 0.164. The number of morpholine rings is 1. The number of carbonyl (C=O) groups is 2. The summed E-state index contributed by atoms with van der Waals surface area (Å²) in [4.78, 5) is 25.4. The fraction of sp³-hybridized carbons (Fsp3) is 0.556. The average molecular weight is 334 g/mol. The van der Waals surface area contributed by atoms with Crippen LogP contribution in [0.2, 0.25) is 0 Å². The van der Waals surface area contributed by atoms with Crippen molar-refractivity contribution >= 4 is 11.9 Å². The molecule has 2 unspecified atom stereocenters. The minimum Gasteiger partial charge on any atom is -0.478 e. The van der Waals surface area contributed by atoms with Gasteiger partial charge in [-0.25, -0.2) is 4.79 Å². The van der Waals surface area contributed by atoms with E-state index in [9.17, 15) is 9.59 Å². The fourth-order valence-corrected chi connectivity index (χ4v) is 2.72. The third kappa shape index (κ3) is 4.79. The minimum atomic E-state index is -0.953. The maximum Gasteiger partial charge on any atom is 0.335 e. The summed E-state index contributed by atoms with van der Waals surface area (Å²) < 4.78 is 5.74. The molecule has 0 aromatic heterocycles. The summed E-state index contributed by atoms with van der Waals surface area (Å²) in [5, 5.41) is 11.8. The van der Waals surface area contributed by atoms with Crippen LogP contribution in [0.1, 0.15) is 36.7 Å². The Balaban J connectivity index is 1.86. The highest BCUT2D eigenvalue weighted by Gasteiger charge is 2.29. The molecule has 2 N–H and O–H groups in total. The lowest BCUT2D eigenvalue weighted by molar-refractivity contribution is -0.130. The molecule has 1 aliphatic rings. The first-order chi connectivity index (χ1) is 11.4. The quantitative estimate of drug-likeness (QED) is 0.828. The van der Waals surface area contributed by atoms with E-state index in [1.54, 1.807) is 24.3 Å². The molecule has 1 aromatic rings. The SMILES string of the molecule is CC(C)C1CN(C(C)C(=O)NCc2ccc(C(=O)O)cc2)CCO1. The number of hydrogen-bond donors (Lipinski definition) is 2. The van der Waals surface area contributed by atoms with Crippen molar-refractivity contribution in [1.29, 1.82) is 0 Å². The number of hydrogen-bond acceptors (Lipinski definition) is 4. The Hall–Kier alpha value is -1.92. The topological polar surface area (TPSA) is 78.9 Å². The second-order valence-electron chi connectivity index (χ2n) is 6.54. The van der Waals surface area contributed by atoms with Gasteiger partial charge < -0.3 is 15.2 Å². The Labute approximate surface area is 142 Å². The van der Waals surface area contributed by atoms with E-state index in [-0.39, 0.29) is 23.6 Å². The molecular formula is C18H26N2O4. The Morgan fingerprint density at radius 3 is 2.54 bits per heavy atom. The molecule has 0 spiro atoms. The van der Waals surface area contributed by atoms with Crippen LogP contribution in [0, 0.1) is 5.92 Å². The highest BCUT2D eigenvalue weighted by atomic mass is 16.5. The van der Waals surface area contributed by atoms with Gasteiger partial charge in [-0.2, -0.15) is 0 Å². The minimum absolute atomic E-state index is 0.0262. The van der Waals surface area contributed by atoms with Crippen LogP contribution in [-0.2, 0) is 16.1 Å². The first kappa shape index (κ1) is 18.4.